The van der Waals surface area contributed by atoms with Crippen molar-refractivity contribution in [3.63, 3.8) is 0 Å². The second-order valence-electron chi connectivity index (χ2n) is 4.38. The number of nitrogens with zero attached hydrogens (tertiary/aromatic N) is 1. The van der Waals surface area contributed by atoms with Gasteiger partial charge in [0.1, 0.15) is 11.4 Å². The van der Waals surface area contributed by atoms with Gasteiger partial charge < -0.3 is 14.8 Å². The third kappa shape index (κ3) is 2.03. The van der Waals surface area contributed by atoms with Crippen LogP contribution in [0.3, 0.4) is 0 Å². The number of H-pyrrole nitrogens is 1. The maximum Gasteiger partial charge on any atom is 0.139 e. The highest BCUT2D eigenvalue weighted by atomic mass is 35.5. The van der Waals surface area contributed by atoms with Crippen molar-refractivity contribution < 1.29 is 9.84 Å². The third-order valence-corrected chi connectivity index (χ3v) is 3.69. The van der Waals surface area contributed by atoms with E-state index >= 15 is 0 Å². The number of nitrogens with one attached hydrogen (secondary N) is 1. The minimum Gasteiger partial charge on any atom is -0.497 e. The number of rotatable bonds is 3. The summed E-state index contributed by atoms with van der Waals surface area (Å²) < 4.78 is 5.14. The Kier molecular flexibility index (Phi) is 3.34. The molecule has 2 heterocycles. The van der Waals surface area contributed by atoms with Crippen LogP contribution < -0.4 is 4.74 Å². The second kappa shape index (κ2) is 5.15. The summed E-state index contributed by atoms with van der Waals surface area (Å²) in [7, 11) is 1.62. The van der Waals surface area contributed by atoms with E-state index in [2.05, 4.69) is 9.97 Å². The Labute approximate surface area is 121 Å². The van der Waals surface area contributed by atoms with Gasteiger partial charge in [0.25, 0.3) is 0 Å². The fourth-order valence-corrected chi connectivity index (χ4v) is 2.51. The molecule has 2 aromatic heterocycles. The highest BCUT2D eigenvalue weighted by Crippen LogP contribution is 2.33. The van der Waals surface area contributed by atoms with Crippen LogP contribution in [0.2, 0.25) is 5.02 Å². The molecule has 0 aliphatic rings. The molecule has 0 saturated carbocycles. The van der Waals surface area contributed by atoms with Crippen LogP contribution >= 0.6 is 11.6 Å². The number of hydrogen-bond acceptors (Lipinski definition) is 3. The van der Waals surface area contributed by atoms with Crippen molar-refractivity contribution in [2.24, 2.45) is 0 Å². The van der Waals surface area contributed by atoms with E-state index in [1.807, 2.05) is 30.3 Å². The number of pyridine rings is 1. The van der Waals surface area contributed by atoms with Crippen molar-refractivity contribution in [3.05, 3.63) is 47.1 Å². The van der Waals surface area contributed by atoms with Crippen LogP contribution in [0.25, 0.3) is 22.3 Å². The maximum atomic E-state index is 9.60. The molecule has 4 nitrogen and oxygen atoms in total. The molecule has 0 radical (unpaired) electrons. The van der Waals surface area contributed by atoms with Crippen LogP contribution in [0.4, 0.5) is 0 Å². The minimum atomic E-state index is -0.158. The van der Waals surface area contributed by atoms with Crippen LogP contribution in [0.5, 0.6) is 5.75 Å². The summed E-state index contributed by atoms with van der Waals surface area (Å²) in [5.74, 6) is 0.770. The molecule has 5 heteroatoms. The highest BCUT2D eigenvalue weighted by molar-refractivity contribution is 6.36. The van der Waals surface area contributed by atoms with Crippen LogP contribution in [-0.4, -0.2) is 22.2 Å². The van der Waals surface area contributed by atoms with Gasteiger partial charge in [0.15, 0.2) is 0 Å². The molecule has 0 unspecified atom stereocenters. The molecule has 0 saturated heterocycles. The number of halogens is 1. The fourth-order valence-electron chi connectivity index (χ4n) is 2.21. The first kappa shape index (κ1) is 13.0. The second-order valence-corrected chi connectivity index (χ2v) is 4.76. The van der Waals surface area contributed by atoms with E-state index in [1.165, 1.54) is 0 Å². The zero-order chi connectivity index (χ0) is 14.1. The molecular weight excluding hydrogens is 276 g/mol. The van der Waals surface area contributed by atoms with Crippen molar-refractivity contribution >= 4 is 22.6 Å². The Bertz CT molecular complexity index is 750. The van der Waals surface area contributed by atoms with Crippen LogP contribution in [0.1, 0.15) is 5.56 Å². The molecule has 102 valence electrons. The molecular formula is C15H13ClN2O2. The van der Waals surface area contributed by atoms with Gasteiger partial charge in [-0.05, 0) is 30.3 Å². The molecule has 1 aromatic carbocycles. The Morgan fingerprint density at radius 3 is 2.65 bits per heavy atom. The number of ether oxygens (including phenoxy) is 1. The predicted molar refractivity (Wildman–Crippen MR) is 79.0 cm³/mol. The predicted octanol–water partition coefficient (Wildman–Crippen LogP) is 3.38. The van der Waals surface area contributed by atoms with Crippen molar-refractivity contribution in [1.82, 2.24) is 9.97 Å². The van der Waals surface area contributed by atoms with E-state index in [0.29, 0.717) is 21.9 Å². The lowest BCUT2D eigenvalue weighted by Crippen LogP contribution is -1.96. The van der Waals surface area contributed by atoms with Crippen molar-refractivity contribution in [2.45, 2.75) is 6.61 Å². The third-order valence-electron chi connectivity index (χ3n) is 3.26. The van der Waals surface area contributed by atoms with E-state index in [9.17, 15) is 5.11 Å². The average Bonchev–Trinajstić information content (AvgIpc) is 2.96. The zero-order valence-electron chi connectivity index (χ0n) is 10.9. The van der Waals surface area contributed by atoms with Crippen LogP contribution in [-0.2, 0) is 6.61 Å². The van der Waals surface area contributed by atoms with Gasteiger partial charge in [0.2, 0.25) is 0 Å². The Morgan fingerprint density at radius 2 is 2.00 bits per heavy atom. The lowest BCUT2D eigenvalue weighted by Gasteiger charge is -2.10. The Balaban J connectivity index is 2.22. The highest BCUT2D eigenvalue weighted by Gasteiger charge is 2.15. The van der Waals surface area contributed by atoms with E-state index in [4.69, 9.17) is 16.3 Å². The Hall–Kier alpha value is -2.04. The van der Waals surface area contributed by atoms with Crippen molar-refractivity contribution in [1.29, 1.82) is 0 Å². The number of methoxy groups -OCH3 is 1. The van der Waals surface area contributed by atoms with Crippen molar-refractivity contribution in [2.75, 3.05) is 7.11 Å². The molecule has 3 aromatic rings. The molecule has 0 fully saturated rings. The molecule has 0 aliphatic heterocycles. The summed E-state index contributed by atoms with van der Waals surface area (Å²) in [5, 5.41) is 10.9. The lowest BCUT2D eigenvalue weighted by molar-refractivity contribution is 0.282. The number of benzene rings is 1. The van der Waals surface area contributed by atoms with E-state index < -0.39 is 0 Å². The zero-order valence-corrected chi connectivity index (χ0v) is 11.6. The molecule has 0 atom stereocenters. The first-order valence-electron chi connectivity index (χ1n) is 6.15. The summed E-state index contributed by atoms with van der Waals surface area (Å²) in [6.45, 7) is -0.158. The number of fused-ring (bicyclic) bond motifs is 1. The van der Waals surface area contributed by atoms with Gasteiger partial charge in [-0.1, -0.05) is 11.6 Å². The number of aliphatic hydroxyl groups excluding tert-OH is 1. The molecule has 2 N–H and O–H groups in total. The van der Waals surface area contributed by atoms with Crippen molar-refractivity contribution in [3.8, 4) is 17.0 Å². The minimum absolute atomic E-state index is 0.158. The molecule has 0 bridgehead atoms. The smallest absolute Gasteiger partial charge is 0.139 e. The van der Waals surface area contributed by atoms with Crippen LogP contribution in [0.15, 0.2) is 36.5 Å². The normalized spacial score (nSPS) is 10.9. The van der Waals surface area contributed by atoms with Gasteiger partial charge in [-0.25, -0.2) is 4.98 Å². The molecule has 20 heavy (non-hydrogen) atoms. The maximum absolute atomic E-state index is 9.60. The monoisotopic (exact) mass is 288 g/mol. The topological polar surface area (TPSA) is 58.1 Å². The fraction of sp³-hybridized carbons (Fsp3) is 0.133. The summed E-state index contributed by atoms with van der Waals surface area (Å²) in [5.41, 5.74) is 2.89. The first-order valence-corrected chi connectivity index (χ1v) is 6.53. The summed E-state index contributed by atoms with van der Waals surface area (Å²) in [6, 6.07) is 9.34. The van der Waals surface area contributed by atoms with Gasteiger partial charge in [-0.3, -0.25) is 0 Å². The molecule has 0 aliphatic carbocycles. The summed E-state index contributed by atoms with van der Waals surface area (Å²) in [6.07, 6.45) is 1.78. The molecule has 3 rings (SSSR count). The SMILES string of the molecule is COc1ccc(-c2nc3[nH]ccc3c(Cl)c2CO)cc1. The molecule has 0 spiro atoms. The lowest BCUT2D eigenvalue weighted by atomic mass is 10.0. The standard InChI is InChI=1S/C15H13ClN2O2/c1-20-10-4-2-9(3-5-10)14-12(8-19)13(16)11-6-7-17-15(11)18-14/h2-7,19H,8H2,1H3,(H,17,18). The van der Waals surface area contributed by atoms with Gasteiger partial charge in [0, 0.05) is 22.7 Å². The van der Waals surface area contributed by atoms with E-state index in [-0.39, 0.29) is 6.61 Å². The largest absolute Gasteiger partial charge is 0.497 e. The van der Waals surface area contributed by atoms with Gasteiger partial charge in [-0.15, -0.1) is 0 Å². The average molecular weight is 289 g/mol. The van der Waals surface area contributed by atoms with Gasteiger partial charge in [0.05, 0.1) is 24.4 Å². The number of aliphatic hydroxyl groups is 1. The van der Waals surface area contributed by atoms with Gasteiger partial charge >= 0.3 is 0 Å². The first-order chi connectivity index (χ1) is 9.74. The van der Waals surface area contributed by atoms with Crippen LogP contribution in [0, 0.1) is 0 Å². The Morgan fingerprint density at radius 1 is 1.25 bits per heavy atom. The number of aromatic amines is 1. The quantitative estimate of drug-likeness (QED) is 0.777. The number of aromatic nitrogens is 2. The molecule has 0 amide bonds. The van der Waals surface area contributed by atoms with E-state index in [1.54, 1.807) is 13.3 Å². The van der Waals surface area contributed by atoms with Gasteiger partial charge in [-0.2, -0.15) is 0 Å². The summed E-state index contributed by atoms with van der Waals surface area (Å²) in [4.78, 5) is 7.59. The summed E-state index contributed by atoms with van der Waals surface area (Å²) >= 11 is 6.35. The number of hydrogen-bond donors (Lipinski definition) is 2. The van der Waals surface area contributed by atoms with E-state index in [0.717, 1.165) is 16.7 Å².